The van der Waals surface area contributed by atoms with Gasteiger partial charge in [-0.25, -0.2) is 4.98 Å². The fourth-order valence-corrected chi connectivity index (χ4v) is 2.51. The Bertz CT molecular complexity index is 364. The minimum atomic E-state index is -0.221. The highest BCUT2D eigenvalue weighted by Gasteiger charge is 2.36. The van der Waals surface area contributed by atoms with Crippen LogP contribution in [0.3, 0.4) is 0 Å². The summed E-state index contributed by atoms with van der Waals surface area (Å²) in [4.78, 5) is 4.57. The van der Waals surface area contributed by atoms with Gasteiger partial charge in [-0.15, -0.1) is 0 Å². The molecule has 2 unspecified atom stereocenters. The van der Waals surface area contributed by atoms with Gasteiger partial charge in [0.1, 0.15) is 5.82 Å². The Morgan fingerprint density at radius 3 is 2.63 bits per heavy atom. The van der Waals surface area contributed by atoms with Gasteiger partial charge in [-0.2, -0.15) is 0 Å². The molecule has 0 radical (unpaired) electrons. The molecule has 0 saturated heterocycles. The van der Waals surface area contributed by atoms with Gasteiger partial charge in [-0.05, 0) is 33.2 Å². The smallest absolute Gasteiger partial charge is 0.128 e. The summed E-state index contributed by atoms with van der Waals surface area (Å²) in [6, 6.07) is 0.129. The van der Waals surface area contributed by atoms with Crippen molar-refractivity contribution in [1.29, 1.82) is 0 Å². The standard InChI is InChI=1S/C15H29N3O/c1-6-11-18-12-10-17-14(18)13(16-8-3)15(5,7-2)19-9-4/h10,12-13,16H,6-9,11H2,1-5H3. The summed E-state index contributed by atoms with van der Waals surface area (Å²) in [6.45, 7) is 13.4. The number of nitrogens with zero attached hydrogens (tertiary/aromatic N) is 2. The minimum Gasteiger partial charge on any atom is -0.373 e. The topological polar surface area (TPSA) is 39.1 Å². The molecule has 1 N–H and O–H groups in total. The number of aromatic nitrogens is 2. The molecular weight excluding hydrogens is 238 g/mol. The van der Waals surface area contributed by atoms with Crippen molar-refractivity contribution in [3.8, 4) is 0 Å². The van der Waals surface area contributed by atoms with Gasteiger partial charge in [0.2, 0.25) is 0 Å². The minimum absolute atomic E-state index is 0.129. The lowest BCUT2D eigenvalue weighted by Gasteiger charge is -2.37. The van der Waals surface area contributed by atoms with Crippen LogP contribution in [-0.2, 0) is 11.3 Å². The zero-order valence-electron chi connectivity index (χ0n) is 13.1. The van der Waals surface area contributed by atoms with E-state index in [2.05, 4.69) is 55.7 Å². The fourth-order valence-electron chi connectivity index (χ4n) is 2.51. The van der Waals surface area contributed by atoms with Crippen molar-refractivity contribution in [2.75, 3.05) is 13.2 Å². The van der Waals surface area contributed by atoms with Crippen LogP contribution < -0.4 is 5.32 Å². The van der Waals surface area contributed by atoms with Crippen LogP contribution in [0, 0.1) is 0 Å². The van der Waals surface area contributed by atoms with Gasteiger partial charge >= 0.3 is 0 Å². The third kappa shape index (κ3) is 3.80. The Balaban J connectivity index is 3.07. The maximum absolute atomic E-state index is 6.03. The van der Waals surface area contributed by atoms with Crippen molar-refractivity contribution < 1.29 is 4.74 Å². The zero-order valence-corrected chi connectivity index (χ0v) is 13.1. The van der Waals surface area contributed by atoms with Crippen LogP contribution in [0.5, 0.6) is 0 Å². The Labute approximate surface area is 117 Å². The van der Waals surface area contributed by atoms with Crippen molar-refractivity contribution >= 4 is 0 Å². The SMILES string of the molecule is CCCn1ccnc1C(NCC)C(C)(CC)OCC. The van der Waals surface area contributed by atoms with Crippen molar-refractivity contribution in [3.63, 3.8) is 0 Å². The lowest BCUT2D eigenvalue weighted by Crippen LogP contribution is -2.45. The summed E-state index contributed by atoms with van der Waals surface area (Å²) in [5.41, 5.74) is -0.221. The van der Waals surface area contributed by atoms with Crippen molar-refractivity contribution in [1.82, 2.24) is 14.9 Å². The van der Waals surface area contributed by atoms with E-state index in [1.165, 1.54) is 0 Å². The molecule has 1 rings (SSSR count). The lowest BCUT2D eigenvalue weighted by atomic mass is 9.92. The largest absolute Gasteiger partial charge is 0.373 e. The average molecular weight is 267 g/mol. The first-order valence-electron chi connectivity index (χ1n) is 7.51. The number of hydrogen-bond acceptors (Lipinski definition) is 3. The Morgan fingerprint density at radius 1 is 1.37 bits per heavy atom. The van der Waals surface area contributed by atoms with Gasteiger partial charge in [-0.1, -0.05) is 20.8 Å². The second-order valence-electron chi connectivity index (χ2n) is 5.07. The lowest BCUT2D eigenvalue weighted by molar-refractivity contribution is -0.0587. The molecule has 0 aliphatic carbocycles. The highest BCUT2D eigenvalue weighted by molar-refractivity contribution is 5.07. The number of imidazole rings is 1. The van der Waals surface area contributed by atoms with Gasteiger partial charge in [-0.3, -0.25) is 0 Å². The Kier molecular flexibility index (Phi) is 6.52. The van der Waals surface area contributed by atoms with Crippen LogP contribution >= 0.6 is 0 Å². The molecule has 1 aromatic rings. The molecule has 0 amide bonds. The van der Waals surface area contributed by atoms with Crippen LogP contribution in [0.1, 0.15) is 59.3 Å². The van der Waals surface area contributed by atoms with E-state index in [0.29, 0.717) is 0 Å². The highest BCUT2D eigenvalue weighted by atomic mass is 16.5. The number of aryl methyl sites for hydroxylation is 1. The first kappa shape index (κ1) is 16.2. The molecule has 2 atom stereocenters. The second kappa shape index (κ2) is 7.65. The summed E-state index contributed by atoms with van der Waals surface area (Å²) in [7, 11) is 0. The van der Waals surface area contributed by atoms with Gasteiger partial charge in [0.25, 0.3) is 0 Å². The first-order chi connectivity index (χ1) is 9.12. The summed E-state index contributed by atoms with van der Waals surface area (Å²) < 4.78 is 8.27. The van der Waals surface area contributed by atoms with E-state index >= 15 is 0 Å². The number of ether oxygens (including phenoxy) is 1. The van der Waals surface area contributed by atoms with Crippen molar-refractivity contribution in [3.05, 3.63) is 18.2 Å². The van der Waals surface area contributed by atoms with Gasteiger partial charge < -0.3 is 14.6 Å². The van der Waals surface area contributed by atoms with Crippen molar-refractivity contribution in [2.24, 2.45) is 0 Å². The predicted octanol–water partition coefficient (Wildman–Crippen LogP) is 3.15. The van der Waals surface area contributed by atoms with Crippen molar-refractivity contribution in [2.45, 2.75) is 65.6 Å². The number of hydrogen-bond donors (Lipinski definition) is 1. The molecule has 4 heteroatoms. The third-order valence-electron chi connectivity index (χ3n) is 3.67. The van der Waals surface area contributed by atoms with E-state index < -0.39 is 0 Å². The van der Waals surface area contributed by atoms with E-state index in [4.69, 9.17) is 4.74 Å². The molecule has 1 heterocycles. The van der Waals surface area contributed by atoms with Gasteiger partial charge in [0.15, 0.2) is 0 Å². The highest BCUT2D eigenvalue weighted by Crippen LogP contribution is 2.31. The van der Waals surface area contributed by atoms with E-state index in [9.17, 15) is 0 Å². The molecule has 19 heavy (non-hydrogen) atoms. The summed E-state index contributed by atoms with van der Waals surface area (Å²) in [6.07, 6.45) is 6.01. The monoisotopic (exact) mass is 267 g/mol. The maximum atomic E-state index is 6.03. The third-order valence-corrected chi connectivity index (χ3v) is 3.67. The number of nitrogens with one attached hydrogen (secondary N) is 1. The maximum Gasteiger partial charge on any atom is 0.128 e. The average Bonchev–Trinajstić information content (AvgIpc) is 2.84. The normalized spacial score (nSPS) is 16.3. The molecule has 0 saturated carbocycles. The number of rotatable bonds is 9. The summed E-state index contributed by atoms with van der Waals surface area (Å²) in [5.74, 6) is 1.08. The summed E-state index contributed by atoms with van der Waals surface area (Å²) in [5, 5.41) is 3.55. The fraction of sp³-hybridized carbons (Fsp3) is 0.800. The second-order valence-corrected chi connectivity index (χ2v) is 5.07. The molecule has 0 spiro atoms. The Morgan fingerprint density at radius 2 is 2.11 bits per heavy atom. The quantitative estimate of drug-likeness (QED) is 0.747. The van der Waals surface area contributed by atoms with E-state index in [-0.39, 0.29) is 11.6 Å². The van der Waals surface area contributed by atoms with Crippen LogP contribution in [0.2, 0.25) is 0 Å². The molecule has 0 aliphatic rings. The molecule has 0 aromatic carbocycles. The van der Waals surface area contributed by atoms with Gasteiger partial charge in [0, 0.05) is 25.5 Å². The Hall–Kier alpha value is -0.870. The zero-order chi connectivity index (χ0) is 14.3. The van der Waals surface area contributed by atoms with E-state index in [0.717, 1.165) is 38.4 Å². The molecule has 4 nitrogen and oxygen atoms in total. The summed E-state index contributed by atoms with van der Waals surface area (Å²) >= 11 is 0. The molecule has 0 fully saturated rings. The predicted molar refractivity (Wildman–Crippen MR) is 79.3 cm³/mol. The molecular formula is C15H29N3O. The van der Waals surface area contributed by atoms with Crippen LogP contribution in [0.15, 0.2) is 12.4 Å². The van der Waals surface area contributed by atoms with E-state index in [1.807, 2.05) is 6.20 Å². The van der Waals surface area contributed by atoms with Crippen LogP contribution in [-0.4, -0.2) is 28.3 Å². The van der Waals surface area contributed by atoms with E-state index in [1.54, 1.807) is 0 Å². The molecule has 110 valence electrons. The van der Waals surface area contributed by atoms with Crippen LogP contribution in [0.4, 0.5) is 0 Å². The molecule has 1 aromatic heterocycles. The van der Waals surface area contributed by atoms with Gasteiger partial charge in [0.05, 0.1) is 11.6 Å². The first-order valence-corrected chi connectivity index (χ1v) is 7.51. The molecule has 0 bridgehead atoms. The molecule has 0 aliphatic heterocycles. The number of likely N-dealkylation sites (N-methyl/N-ethyl adjacent to an activating group) is 1. The van der Waals surface area contributed by atoms with Crippen LogP contribution in [0.25, 0.3) is 0 Å².